The van der Waals surface area contributed by atoms with Gasteiger partial charge in [-0.15, -0.1) is 5.10 Å². The van der Waals surface area contributed by atoms with Crippen LogP contribution in [-0.2, 0) is 4.74 Å². The predicted molar refractivity (Wildman–Crippen MR) is 65.3 cm³/mol. The molecule has 3 rings (SSSR count). The highest BCUT2D eigenvalue weighted by Crippen LogP contribution is 2.12. The molecule has 94 valence electrons. The van der Waals surface area contributed by atoms with Crippen molar-refractivity contribution >= 4 is 17.1 Å². The Balaban J connectivity index is 1.92. The molecule has 1 fully saturated rings. The first-order chi connectivity index (χ1) is 8.75. The minimum Gasteiger partial charge on any atom is -0.375 e. The lowest BCUT2D eigenvalue weighted by Gasteiger charge is -2.30. The summed E-state index contributed by atoms with van der Waals surface area (Å²) in [5, 5.41) is 7.92. The third kappa shape index (κ3) is 1.84. The third-order valence-electron chi connectivity index (χ3n) is 3.04. The van der Waals surface area contributed by atoms with Crippen LogP contribution < -0.4 is 0 Å². The number of carbonyl (C=O) groups is 1. The molecule has 2 aromatic rings. The Morgan fingerprint density at radius 3 is 3.11 bits per heavy atom. The molecule has 1 aliphatic rings. The molecule has 1 aromatic heterocycles. The molecule has 1 unspecified atom stereocenters. The fraction of sp³-hybridized carbons (Fsp3) is 0.417. The van der Waals surface area contributed by atoms with Crippen molar-refractivity contribution < 1.29 is 9.53 Å². The fourth-order valence-corrected chi connectivity index (χ4v) is 2.14. The Morgan fingerprint density at radius 2 is 2.28 bits per heavy atom. The standard InChI is InChI=1S/C12H14N4O2/c1-9-8-15(6-7-18-9)12(17)16-11-5-3-2-4-10(11)13-14-16/h2-5,9H,6-8H2,1H3. The molecule has 18 heavy (non-hydrogen) atoms. The van der Waals surface area contributed by atoms with Gasteiger partial charge in [-0.05, 0) is 19.1 Å². The first-order valence-corrected chi connectivity index (χ1v) is 5.97. The number of amides is 1. The summed E-state index contributed by atoms with van der Waals surface area (Å²) in [6.45, 7) is 3.71. The molecule has 1 aromatic carbocycles. The first kappa shape index (κ1) is 11.2. The molecule has 0 aliphatic carbocycles. The molecule has 1 amide bonds. The summed E-state index contributed by atoms with van der Waals surface area (Å²) < 4.78 is 6.78. The van der Waals surface area contributed by atoms with E-state index in [1.54, 1.807) is 4.90 Å². The lowest BCUT2D eigenvalue weighted by Crippen LogP contribution is -2.46. The van der Waals surface area contributed by atoms with Crippen molar-refractivity contribution in [3.8, 4) is 0 Å². The van der Waals surface area contributed by atoms with E-state index in [1.165, 1.54) is 4.68 Å². The predicted octanol–water partition coefficient (Wildman–Crippen LogP) is 1.12. The summed E-state index contributed by atoms with van der Waals surface area (Å²) in [4.78, 5) is 14.1. The second kappa shape index (κ2) is 4.38. The maximum Gasteiger partial charge on any atom is 0.346 e. The van der Waals surface area contributed by atoms with E-state index in [9.17, 15) is 4.79 Å². The fourth-order valence-electron chi connectivity index (χ4n) is 2.14. The summed E-state index contributed by atoms with van der Waals surface area (Å²) in [7, 11) is 0. The molecule has 0 N–H and O–H groups in total. The Labute approximate surface area is 104 Å². The van der Waals surface area contributed by atoms with Crippen LogP contribution in [0.15, 0.2) is 24.3 Å². The van der Waals surface area contributed by atoms with Crippen molar-refractivity contribution in [2.75, 3.05) is 19.7 Å². The van der Waals surface area contributed by atoms with Gasteiger partial charge < -0.3 is 9.64 Å². The average Bonchev–Trinajstić information content (AvgIpc) is 2.82. The van der Waals surface area contributed by atoms with E-state index >= 15 is 0 Å². The molecular formula is C12H14N4O2. The van der Waals surface area contributed by atoms with Gasteiger partial charge in [0.15, 0.2) is 0 Å². The highest BCUT2D eigenvalue weighted by atomic mass is 16.5. The second-order valence-corrected chi connectivity index (χ2v) is 4.40. The number of carbonyl (C=O) groups excluding carboxylic acids is 1. The molecule has 1 aliphatic heterocycles. The summed E-state index contributed by atoms with van der Waals surface area (Å²) in [5.41, 5.74) is 1.47. The number of para-hydroxylation sites is 1. The number of benzene rings is 1. The van der Waals surface area contributed by atoms with Gasteiger partial charge in [-0.3, -0.25) is 0 Å². The Morgan fingerprint density at radius 1 is 1.44 bits per heavy atom. The number of hydrogen-bond acceptors (Lipinski definition) is 4. The number of ether oxygens (including phenoxy) is 1. The highest BCUT2D eigenvalue weighted by molar-refractivity contribution is 5.87. The largest absolute Gasteiger partial charge is 0.375 e. The van der Waals surface area contributed by atoms with E-state index in [-0.39, 0.29) is 12.1 Å². The minimum atomic E-state index is -0.140. The van der Waals surface area contributed by atoms with E-state index in [1.807, 2.05) is 31.2 Å². The maximum absolute atomic E-state index is 12.4. The Bertz CT molecular complexity index is 580. The zero-order valence-corrected chi connectivity index (χ0v) is 10.1. The van der Waals surface area contributed by atoms with Gasteiger partial charge in [0.25, 0.3) is 0 Å². The van der Waals surface area contributed by atoms with Crippen LogP contribution in [0.2, 0.25) is 0 Å². The summed E-state index contributed by atoms with van der Waals surface area (Å²) in [6, 6.07) is 7.30. The van der Waals surface area contributed by atoms with Gasteiger partial charge in [0, 0.05) is 13.1 Å². The van der Waals surface area contributed by atoms with Crippen LogP contribution >= 0.6 is 0 Å². The minimum absolute atomic E-state index is 0.0671. The smallest absolute Gasteiger partial charge is 0.346 e. The zero-order valence-electron chi connectivity index (χ0n) is 10.1. The average molecular weight is 246 g/mol. The van der Waals surface area contributed by atoms with Crippen LogP contribution in [0.5, 0.6) is 0 Å². The summed E-state index contributed by atoms with van der Waals surface area (Å²) >= 11 is 0. The number of nitrogens with zero attached hydrogens (tertiary/aromatic N) is 4. The molecular weight excluding hydrogens is 232 g/mol. The monoisotopic (exact) mass is 246 g/mol. The van der Waals surface area contributed by atoms with E-state index in [0.717, 1.165) is 11.0 Å². The third-order valence-corrected chi connectivity index (χ3v) is 3.04. The highest BCUT2D eigenvalue weighted by Gasteiger charge is 2.24. The number of aromatic nitrogens is 3. The topological polar surface area (TPSA) is 60.2 Å². The van der Waals surface area contributed by atoms with Crippen molar-refractivity contribution in [3.05, 3.63) is 24.3 Å². The molecule has 0 bridgehead atoms. The molecule has 0 saturated carbocycles. The van der Waals surface area contributed by atoms with Crippen molar-refractivity contribution in [3.63, 3.8) is 0 Å². The molecule has 0 radical (unpaired) electrons. The quantitative estimate of drug-likeness (QED) is 0.699. The van der Waals surface area contributed by atoms with E-state index in [2.05, 4.69) is 10.3 Å². The van der Waals surface area contributed by atoms with Gasteiger partial charge in [-0.2, -0.15) is 4.68 Å². The van der Waals surface area contributed by atoms with E-state index < -0.39 is 0 Å². The summed E-state index contributed by atoms with van der Waals surface area (Å²) in [6.07, 6.45) is 0.0671. The van der Waals surface area contributed by atoms with Crippen LogP contribution in [-0.4, -0.2) is 51.7 Å². The van der Waals surface area contributed by atoms with Crippen LogP contribution in [0.3, 0.4) is 0 Å². The van der Waals surface area contributed by atoms with Gasteiger partial charge in [-0.1, -0.05) is 17.3 Å². The van der Waals surface area contributed by atoms with Gasteiger partial charge >= 0.3 is 6.03 Å². The number of fused-ring (bicyclic) bond motifs is 1. The van der Waals surface area contributed by atoms with E-state index in [4.69, 9.17) is 4.74 Å². The lowest BCUT2D eigenvalue weighted by molar-refractivity contribution is -0.00359. The molecule has 6 heteroatoms. The molecule has 2 heterocycles. The van der Waals surface area contributed by atoms with Gasteiger partial charge in [0.05, 0.1) is 18.2 Å². The van der Waals surface area contributed by atoms with Crippen molar-refractivity contribution in [1.82, 2.24) is 19.9 Å². The van der Waals surface area contributed by atoms with Gasteiger partial charge in [-0.25, -0.2) is 4.79 Å². The normalized spacial score (nSPS) is 20.3. The molecule has 0 spiro atoms. The van der Waals surface area contributed by atoms with Crippen molar-refractivity contribution in [2.45, 2.75) is 13.0 Å². The summed E-state index contributed by atoms with van der Waals surface area (Å²) in [5.74, 6) is 0. The number of morpholine rings is 1. The molecule has 1 saturated heterocycles. The van der Waals surface area contributed by atoms with Crippen molar-refractivity contribution in [1.29, 1.82) is 0 Å². The van der Waals surface area contributed by atoms with Crippen LogP contribution in [0.4, 0.5) is 4.79 Å². The first-order valence-electron chi connectivity index (χ1n) is 5.97. The maximum atomic E-state index is 12.4. The Hall–Kier alpha value is -1.95. The van der Waals surface area contributed by atoms with Crippen LogP contribution in [0.1, 0.15) is 6.92 Å². The van der Waals surface area contributed by atoms with Crippen LogP contribution in [0.25, 0.3) is 11.0 Å². The second-order valence-electron chi connectivity index (χ2n) is 4.40. The molecule has 1 atom stereocenters. The number of rotatable bonds is 0. The lowest BCUT2D eigenvalue weighted by atomic mass is 10.3. The Kier molecular flexibility index (Phi) is 2.71. The van der Waals surface area contributed by atoms with E-state index in [0.29, 0.717) is 19.7 Å². The molecule has 6 nitrogen and oxygen atoms in total. The zero-order chi connectivity index (χ0) is 12.5. The van der Waals surface area contributed by atoms with Gasteiger partial charge in [0.2, 0.25) is 0 Å². The SMILES string of the molecule is CC1CN(C(=O)n2nnc3ccccc32)CCO1. The van der Waals surface area contributed by atoms with Gasteiger partial charge in [0.1, 0.15) is 5.52 Å². The van der Waals surface area contributed by atoms with Crippen LogP contribution in [0, 0.1) is 0 Å². The van der Waals surface area contributed by atoms with Crippen molar-refractivity contribution in [2.24, 2.45) is 0 Å². The number of hydrogen-bond donors (Lipinski definition) is 0.